The molecule has 3 aromatic rings. The predicted octanol–water partition coefficient (Wildman–Crippen LogP) is 4.25. The number of carbonyl (C=O) groups excluding carboxylic acids is 1. The van der Waals surface area contributed by atoms with E-state index < -0.39 is 0 Å². The van der Waals surface area contributed by atoms with Gasteiger partial charge in [0.25, 0.3) is 0 Å². The third-order valence-electron chi connectivity index (χ3n) is 7.16. The van der Waals surface area contributed by atoms with E-state index in [0.717, 1.165) is 43.6 Å². The summed E-state index contributed by atoms with van der Waals surface area (Å²) in [5.41, 5.74) is 3.46. The molecule has 0 unspecified atom stereocenters. The number of nitrogens with one attached hydrogen (secondary N) is 1. The van der Waals surface area contributed by atoms with Crippen molar-refractivity contribution in [3.8, 4) is 11.4 Å². The number of rotatable bonds is 8. The molecule has 184 valence electrons. The molecule has 1 aromatic heterocycles. The highest BCUT2D eigenvalue weighted by molar-refractivity contribution is 5.78. The van der Waals surface area contributed by atoms with Gasteiger partial charge in [-0.25, -0.2) is 0 Å². The first-order chi connectivity index (χ1) is 17.2. The maximum absolute atomic E-state index is 12.7. The Hall–Kier alpha value is -3.03. The molecule has 3 heterocycles. The van der Waals surface area contributed by atoms with E-state index in [4.69, 9.17) is 4.52 Å². The van der Waals surface area contributed by atoms with Gasteiger partial charge < -0.3 is 9.84 Å². The Bertz CT molecular complexity index is 1070. The summed E-state index contributed by atoms with van der Waals surface area (Å²) in [6.45, 7) is 6.37. The van der Waals surface area contributed by atoms with Gasteiger partial charge in [-0.3, -0.25) is 14.6 Å². The second-order valence-corrected chi connectivity index (χ2v) is 9.80. The minimum Gasteiger partial charge on any atom is -0.352 e. The lowest BCUT2D eigenvalue weighted by Gasteiger charge is -2.30. The minimum atomic E-state index is 0.0622. The molecule has 35 heavy (non-hydrogen) atoms. The van der Waals surface area contributed by atoms with Gasteiger partial charge in [0.2, 0.25) is 17.6 Å². The normalized spacial score (nSPS) is 17.9. The van der Waals surface area contributed by atoms with Crippen LogP contribution in [0.2, 0.25) is 0 Å². The second kappa shape index (κ2) is 11.6. The van der Waals surface area contributed by atoms with Crippen LogP contribution in [-0.4, -0.2) is 52.0 Å². The van der Waals surface area contributed by atoms with Crippen LogP contribution in [0.1, 0.15) is 49.1 Å². The SMILES string of the molecule is O=C(NCc1ccc(CN2CCCCC2)cc1)C1CCN(Cc2nc(-c3ccccc3)no2)CC1. The van der Waals surface area contributed by atoms with Crippen molar-refractivity contribution in [3.05, 3.63) is 71.6 Å². The summed E-state index contributed by atoms with van der Waals surface area (Å²) < 4.78 is 5.45. The van der Waals surface area contributed by atoms with E-state index in [-0.39, 0.29) is 11.8 Å². The molecule has 7 nitrogen and oxygen atoms in total. The van der Waals surface area contributed by atoms with Crippen LogP contribution in [0.4, 0.5) is 0 Å². The van der Waals surface area contributed by atoms with E-state index >= 15 is 0 Å². The van der Waals surface area contributed by atoms with Crippen molar-refractivity contribution in [2.75, 3.05) is 26.2 Å². The summed E-state index contributed by atoms with van der Waals surface area (Å²) in [6, 6.07) is 18.6. The van der Waals surface area contributed by atoms with Gasteiger partial charge in [0.15, 0.2) is 0 Å². The van der Waals surface area contributed by atoms with Crippen LogP contribution < -0.4 is 5.32 Å². The van der Waals surface area contributed by atoms with Crippen molar-refractivity contribution >= 4 is 5.91 Å². The molecule has 7 heteroatoms. The first kappa shape index (κ1) is 23.7. The van der Waals surface area contributed by atoms with Gasteiger partial charge in [0, 0.05) is 24.6 Å². The molecule has 1 amide bonds. The molecule has 1 N–H and O–H groups in total. The number of likely N-dealkylation sites (tertiary alicyclic amines) is 2. The van der Waals surface area contributed by atoms with Gasteiger partial charge in [0.05, 0.1) is 6.54 Å². The molecule has 0 bridgehead atoms. The molecule has 0 radical (unpaired) electrons. The summed E-state index contributed by atoms with van der Waals surface area (Å²) in [6.07, 6.45) is 5.69. The molecule has 2 fully saturated rings. The number of benzene rings is 2. The van der Waals surface area contributed by atoms with Crippen LogP contribution in [0.5, 0.6) is 0 Å². The quantitative estimate of drug-likeness (QED) is 0.527. The number of piperidine rings is 2. The number of hydrogen-bond acceptors (Lipinski definition) is 6. The highest BCUT2D eigenvalue weighted by Crippen LogP contribution is 2.21. The lowest BCUT2D eigenvalue weighted by molar-refractivity contribution is -0.126. The van der Waals surface area contributed by atoms with Crippen molar-refractivity contribution in [3.63, 3.8) is 0 Å². The van der Waals surface area contributed by atoms with Gasteiger partial charge in [-0.2, -0.15) is 4.98 Å². The van der Waals surface area contributed by atoms with E-state index in [1.165, 1.54) is 37.9 Å². The number of nitrogens with zero attached hydrogens (tertiary/aromatic N) is 4. The zero-order chi connectivity index (χ0) is 23.9. The summed E-state index contributed by atoms with van der Waals surface area (Å²) in [5, 5.41) is 7.25. The molecular weight excluding hydrogens is 438 g/mol. The highest BCUT2D eigenvalue weighted by atomic mass is 16.5. The highest BCUT2D eigenvalue weighted by Gasteiger charge is 2.26. The van der Waals surface area contributed by atoms with Crippen molar-refractivity contribution in [1.29, 1.82) is 0 Å². The standard InChI is InChI=1S/C28H35N5O2/c34-28(29-19-22-9-11-23(12-10-22)20-32-15-5-2-6-16-32)25-13-17-33(18-14-25)21-26-30-27(31-35-26)24-7-3-1-4-8-24/h1,3-4,7-12,25H,2,5-6,13-21H2,(H,29,34). The van der Waals surface area contributed by atoms with Gasteiger partial charge in [-0.1, -0.05) is 66.2 Å². The average molecular weight is 474 g/mol. The molecule has 2 aliphatic rings. The molecule has 2 saturated heterocycles. The van der Waals surface area contributed by atoms with E-state index in [2.05, 4.69) is 49.5 Å². The van der Waals surface area contributed by atoms with Crippen molar-refractivity contribution < 1.29 is 9.32 Å². The van der Waals surface area contributed by atoms with Crippen molar-refractivity contribution in [2.24, 2.45) is 5.92 Å². The fourth-order valence-corrected chi connectivity index (χ4v) is 5.04. The molecular formula is C28H35N5O2. The molecule has 0 aliphatic carbocycles. The van der Waals surface area contributed by atoms with E-state index in [9.17, 15) is 4.79 Å². The van der Waals surface area contributed by atoms with E-state index in [1.54, 1.807) is 0 Å². The van der Waals surface area contributed by atoms with Crippen molar-refractivity contribution in [1.82, 2.24) is 25.3 Å². The number of amides is 1. The Morgan fingerprint density at radius 2 is 1.54 bits per heavy atom. The van der Waals surface area contributed by atoms with Crippen LogP contribution >= 0.6 is 0 Å². The van der Waals surface area contributed by atoms with E-state index in [1.807, 2.05) is 30.3 Å². The van der Waals surface area contributed by atoms with Gasteiger partial charge in [-0.05, 0) is 63.0 Å². The summed E-state index contributed by atoms with van der Waals surface area (Å²) in [4.78, 5) is 22.1. The Labute approximate surface area is 207 Å². The average Bonchev–Trinajstić information content (AvgIpc) is 3.38. The lowest BCUT2D eigenvalue weighted by Crippen LogP contribution is -2.40. The topological polar surface area (TPSA) is 74.5 Å². The summed E-state index contributed by atoms with van der Waals surface area (Å²) >= 11 is 0. The summed E-state index contributed by atoms with van der Waals surface area (Å²) in [7, 11) is 0. The Kier molecular flexibility index (Phi) is 7.85. The maximum Gasteiger partial charge on any atom is 0.241 e. The fourth-order valence-electron chi connectivity index (χ4n) is 5.04. The van der Waals surface area contributed by atoms with Crippen LogP contribution in [0, 0.1) is 5.92 Å². The van der Waals surface area contributed by atoms with Gasteiger partial charge >= 0.3 is 0 Å². The largest absolute Gasteiger partial charge is 0.352 e. The smallest absolute Gasteiger partial charge is 0.241 e. The molecule has 5 rings (SSSR count). The lowest BCUT2D eigenvalue weighted by atomic mass is 9.96. The zero-order valence-corrected chi connectivity index (χ0v) is 20.4. The number of hydrogen-bond donors (Lipinski definition) is 1. The van der Waals surface area contributed by atoms with Crippen LogP contribution in [0.25, 0.3) is 11.4 Å². The number of carbonyl (C=O) groups is 1. The third-order valence-corrected chi connectivity index (χ3v) is 7.16. The Morgan fingerprint density at radius 3 is 2.29 bits per heavy atom. The first-order valence-corrected chi connectivity index (χ1v) is 12.9. The summed E-state index contributed by atoms with van der Waals surface area (Å²) in [5.74, 6) is 1.46. The first-order valence-electron chi connectivity index (χ1n) is 12.9. The molecule has 2 aliphatic heterocycles. The van der Waals surface area contributed by atoms with Crippen molar-refractivity contribution in [2.45, 2.75) is 51.7 Å². The molecule has 0 atom stereocenters. The van der Waals surface area contributed by atoms with Crippen LogP contribution in [0.3, 0.4) is 0 Å². The Balaban J connectivity index is 1.03. The van der Waals surface area contributed by atoms with Crippen LogP contribution in [0.15, 0.2) is 59.1 Å². The minimum absolute atomic E-state index is 0.0622. The zero-order valence-electron chi connectivity index (χ0n) is 20.4. The third kappa shape index (κ3) is 6.55. The fraction of sp³-hybridized carbons (Fsp3) is 0.464. The Morgan fingerprint density at radius 1 is 0.857 bits per heavy atom. The van der Waals surface area contributed by atoms with Gasteiger partial charge in [0.1, 0.15) is 0 Å². The van der Waals surface area contributed by atoms with Crippen LogP contribution in [-0.2, 0) is 24.4 Å². The maximum atomic E-state index is 12.7. The number of aromatic nitrogens is 2. The molecule has 0 spiro atoms. The van der Waals surface area contributed by atoms with E-state index in [0.29, 0.717) is 24.8 Å². The predicted molar refractivity (Wildman–Crippen MR) is 135 cm³/mol. The molecule has 0 saturated carbocycles. The monoisotopic (exact) mass is 473 g/mol. The molecule has 2 aromatic carbocycles. The second-order valence-electron chi connectivity index (χ2n) is 9.80. The van der Waals surface area contributed by atoms with Gasteiger partial charge in [-0.15, -0.1) is 0 Å².